The minimum atomic E-state index is -4.52. The van der Waals surface area contributed by atoms with Crippen molar-refractivity contribution in [2.24, 2.45) is 16.3 Å². The Bertz CT molecular complexity index is 1450. The number of nitrogens with one attached hydrogen (secondary N) is 2. The van der Waals surface area contributed by atoms with Gasteiger partial charge in [-0.25, -0.2) is 0 Å². The third-order valence-electron chi connectivity index (χ3n) is 8.38. The smallest absolute Gasteiger partial charge is 0.345 e. The van der Waals surface area contributed by atoms with Gasteiger partial charge in [-0.3, -0.25) is 14.6 Å². The van der Waals surface area contributed by atoms with Crippen LogP contribution in [0, 0.1) is 11.3 Å². The standard InChI is InChI=1S/C30H34F3N7O2/c1-28(2,3)22-11-14-29(15-12-22)35-25(21-5-4-6-23(17-21)30(31,32)33)27(42)40(29)16-13-19-7-9-20(10-8-19)26(41)34-18-24-36-38-39-37-24/h4-10,17,22H,11-16,18H2,1-3H3,(H,34,41)(H,36,37,38,39). The van der Waals surface area contributed by atoms with Crippen molar-refractivity contribution < 1.29 is 22.8 Å². The zero-order valence-electron chi connectivity index (χ0n) is 23.8. The molecule has 222 valence electrons. The highest BCUT2D eigenvalue weighted by Crippen LogP contribution is 2.46. The number of rotatable bonds is 7. The number of carbonyl (C=O) groups excluding carboxylic acids is 2. The van der Waals surface area contributed by atoms with Crippen molar-refractivity contribution in [2.45, 2.75) is 71.3 Å². The van der Waals surface area contributed by atoms with Gasteiger partial charge in [-0.1, -0.05) is 50.3 Å². The molecule has 0 saturated heterocycles. The third kappa shape index (κ3) is 6.22. The molecule has 2 heterocycles. The van der Waals surface area contributed by atoms with E-state index in [9.17, 15) is 22.8 Å². The number of aliphatic imine (C=N–C) groups is 1. The number of aromatic amines is 1. The lowest BCUT2D eigenvalue weighted by molar-refractivity contribution is -0.137. The first-order chi connectivity index (χ1) is 19.9. The Balaban J connectivity index is 1.33. The highest BCUT2D eigenvalue weighted by atomic mass is 19.4. The molecule has 1 aliphatic heterocycles. The molecular weight excluding hydrogens is 547 g/mol. The number of aromatic nitrogens is 4. The fourth-order valence-electron chi connectivity index (χ4n) is 5.88. The molecule has 9 nitrogen and oxygen atoms in total. The summed E-state index contributed by atoms with van der Waals surface area (Å²) in [6.07, 6.45) is -0.950. The molecule has 1 spiro atoms. The van der Waals surface area contributed by atoms with E-state index >= 15 is 0 Å². The van der Waals surface area contributed by atoms with Crippen molar-refractivity contribution in [2.75, 3.05) is 6.54 Å². The number of nitrogens with zero attached hydrogens (tertiary/aromatic N) is 5. The molecule has 0 atom stereocenters. The lowest BCUT2D eigenvalue weighted by atomic mass is 9.69. The molecule has 0 bridgehead atoms. The molecule has 2 amide bonds. The van der Waals surface area contributed by atoms with E-state index in [1.54, 1.807) is 17.0 Å². The van der Waals surface area contributed by atoms with Crippen LogP contribution in [0.1, 0.15) is 79.3 Å². The first-order valence-electron chi connectivity index (χ1n) is 14.0. The first-order valence-corrected chi connectivity index (χ1v) is 14.0. The molecule has 1 aromatic heterocycles. The first kappa shape index (κ1) is 29.4. The highest BCUT2D eigenvalue weighted by molar-refractivity contribution is 6.46. The summed E-state index contributed by atoms with van der Waals surface area (Å²) in [7, 11) is 0. The molecule has 3 aromatic rings. The Morgan fingerprint density at radius 1 is 1.10 bits per heavy atom. The van der Waals surface area contributed by atoms with Crippen LogP contribution in [0.25, 0.3) is 0 Å². The molecule has 2 N–H and O–H groups in total. The Kier molecular flexibility index (Phi) is 7.91. The van der Waals surface area contributed by atoms with Crippen LogP contribution >= 0.6 is 0 Å². The van der Waals surface area contributed by atoms with Crippen LogP contribution in [-0.2, 0) is 23.9 Å². The molecule has 42 heavy (non-hydrogen) atoms. The van der Waals surface area contributed by atoms with Crippen molar-refractivity contribution in [3.63, 3.8) is 0 Å². The van der Waals surface area contributed by atoms with Crippen molar-refractivity contribution in [3.8, 4) is 0 Å². The minimum absolute atomic E-state index is 0.0870. The average molecular weight is 582 g/mol. The van der Waals surface area contributed by atoms with E-state index in [0.717, 1.165) is 30.5 Å². The van der Waals surface area contributed by atoms with Crippen molar-refractivity contribution in [1.29, 1.82) is 0 Å². The van der Waals surface area contributed by atoms with Crippen molar-refractivity contribution in [3.05, 3.63) is 76.6 Å². The Labute approximate surface area is 242 Å². The predicted octanol–water partition coefficient (Wildman–Crippen LogP) is 4.96. The van der Waals surface area contributed by atoms with Crippen LogP contribution in [0.15, 0.2) is 53.5 Å². The van der Waals surface area contributed by atoms with Gasteiger partial charge >= 0.3 is 6.18 Å². The number of hydrogen-bond donors (Lipinski definition) is 2. The number of H-pyrrole nitrogens is 1. The molecule has 5 rings (SSSR count). The maximum absolute atomic E-state index is 13.8. The van der Waals surface area contributed by atoms with E-state index < -0.39 is 17.4 Å². The Morgan fingerprint density at radius 3 is 2.43 bits per heavy atom. The predicted molar refractivity (Wildman–Crippen MR) is 149 cm³/mol. The SMILES string of the molecule is CC(C)(C)C1CCC2(CC1)N=C(c1cccc(C(F)(F)F)c1)C(=O)N2CCc1ccc(C(=O)NCc2nn[nH]n2)cc1. The topological polar surface area (TPSA) is 116 Å². The summed E-state index contributed by atoms with van der Waals surface area (Å²) in [5.74, 6) is 0.204. The summed E-state index contributed by atoms with van der Waals surface area (Å²) in [6, 6.07) is 11.9. The van der Waals surface area contributed by atoms with E-state index in [1.165, 1.54) is 12.1 Å². The monoisotopic (exact) mass is 581 g/mol. The molecule has 0 unspecified atom stereocenters. The van der Waals surface area contributed by atoms with Gasteiger partial charge in [-0.05, 0) is 73.3 Å². The highest BCUT2D eigenvalue weighted by Gasteiger charge is 2.50. The Hall–Kier alpha value is -4.09. The van der Waals surface area contributed by atoms with Crippen LogP contribution in [0.5, 0.6) is 0 Å². The zero-order chi connectivity index (χ0) is 30.1. The fourth-order valence-corrected chi connectivity index (χ4v) is 5.88. The number of alkyl halides is 3. The molecule has 1 aliphatic carbocycles. The number of carbonyl (C=O) groups is 2. The van der Waals surface area contributed by atoms with Gasteiger partial charge in [0.15, 0.2) is 5.82 Å². The van der Waals surface area contributed by atoms with E-state index in [4.69, 9.17) is 4.99 Å². The molecule has 1 saturated carbocycles. The van der Waals surface area contributed by atoms with Crippen LogP contribution in [0.2, 0.25) is 0 Å². The van der Waals surface area contributed by atoms with E-state index in [2.05, 4.69) is 46.7 Å². The van der Waals surface area contributed by atoms with E-state index in [-0.39, 0.29) is 35.0 Å². The second kappa shape index (κ2) is 11.3. The van der Waals surface area contributed by atoms with Gasteiger partial charge < -0.3 is 10.2 Å². The van der Waals surface area contributed by atoms with Crippen LogP contribution in [-0.4, -0.2) is 55.3 Å². The van der Waals surface area contributed by atoms with Gasteiger partial charge in [0.2, 0.25) is 0 Å². The van der Waals surface area contributed by atoms with Crippen LogP contribution in [0.3, 0.4) is 0 Å². The molecule has 12 heteroatoms. The molecule has 2 aromatic carbocycles. The normalized spacial score (nSPS) is 21.1. The molecule has 0 radical (unpaired) electrons. The fraction of sp³-hybridized carbons (Fsp3) is 0.467. The number of amides is 2. The number of halogens is 3. The zero-order valence-corrected chi connectivity index (χ0v) is 23.8. The van der Waals surface area contributed by atoms with Crippen molar-refractivity contribution in [1.82, 2.24) is 30.8 Å². The molecular formula is C30H34F3N7O2. The van der Waals surface area contributed by atoms with Crippen LogP contribution in [0.4, 0.5) is 13.2 Å². The van der Waals surface area contributed by atoms with Gasteiger partial charge in [0.05, 0.1) is 12.1 Å². The summed E-state index contributed by atoms with van der Waals surface area (Å²) in [4.78, 5) is 32.9. The van der Waals surface area contributed by atoms with Crippen molar-refractivity contribution >= 4 is 17.5 Å². The summed E-state index contributed by atoms with van der Waals surface area (Å²) >= 11 is 0. The van der Waals surface area contributed by atoms with E-state index in [0.29, 0.717) is 43.1 Å². The Morgan fingerprint density at radius 2 is 1.81 bits per heavy atom. The third-order valence-corrected chi connectivity index (χ3v) is 8.38. The van der Waals surface area contributed by atoms with Gasteiger partial charge in [-0.15, -0.1) is 10.2 Å². The number of benzene rings is 2. The van der Waals surface area contributed by atoms with E-state index in [1.807, 2.05) is 12.1 Å². The maximum Gasteiger partial charge on any atom is 0.416 e. The second-order valence-corrected chi connectivity index (χ2v) is 12.1. The number of hydrogen-bond acceptors (Lipinski definition) is 6. The quantitative estimate of drug-likeness (QED) is 0.410. The lowest BCUT2D eigenvalue weighted by Crippen LogP contribution is -2.50. The maximum atomic E-state index is 13.8. The summed E-state index contributed by atoms with van der Waals surface area (Å²) in [5, 5.41) is 16.1. The summed E-state index contributed by atoms with van der Waals surface area (Å²) in [5.41, 5.74) is 0.186. The number of tetrazole rings is 1. The van der Waals surface area contributed by atoms with Crippen LogP contribution < -0.4 is 5.32 Å². The largest absolute Gasteiger partial charge is 0.416 e. The summed E-state index contributed by atoms with van der Waals surface area (Å²) < 4.78 is 40.4. The van der Waals surface area contributed by atoms with Gasteiger partial charge in [0.1, 0.15) is 11.4 Å². The second-order valence-electron chi connectivity index (χ2n) is 12.1. The minimum Gasteiger partial charge on any atom is -0.345 e. The molecule has 2 aliphatic rings. The lowest BCUT2D eigenvalue weighted by Gasteiger charge is -2.45. The van der Waals surface area contributed by atoms with Gasteiger partial charge in [0.25, 0.3) is 11.8 Å². The summed E-state index contributed by atoms with van der Waals surface area (Å²) in [6.45, 7) is 7.12. The average Bonchev–Trinajstić information content (AvgIpc) is 3.57. The van der Waals surface area contributed by atoms with Gasteiger partial charge in [-0.2, -0.15) is 18.4 Å². The van der Waals surface area contributed by atoms with Gasteiger partial charge in [0, 0.05) is 17.7 Å². The molecule has 1 fully saturated rings.